The zero-order valence-electron chi connectivity index (χ0n) is 36.4. The summed E-state index contributed by atoms with van der Waals surface area (Å²) in [6.45, 7) is 6.54. The van der Waals surface area contributed by atoms with Crippen molar-refractivity contribution in [2.24, 2.45) is 0 Å². The van der Waals surface area contributed by atoms with E-state index in [9.17, 15) is 14.4 Å². The summed E-state index contributed by atoms with van der Waals surface area (Å²) in [6.07, 6.45) is 50.0. The maximum absolute atomic E-state index is 12.7. The normalized spacial score (nSPS) is 12.3. The highest BCUT2D eigenvalue weighted by Gasteiger charge is 2.19. The number of carbonyl (C=O) groups excluding carboxylic acids is 3. The summed E-state index contributed by atoms with van der Waals surface area (Å²) in [5.74, 6) is -0.967. The van der Waals surface area contributed by atoms with Gasteiger partial charge in [-0.15, -0.1) is 0 Å². The quantitative estimate of drug-likeness (QED) is 0.0266. The van der Waals surface area contributed by atoms with E-state index >= 15 is 0 Å². The van der Waals surface area contributed by atoms with Gasteiger partial charge < -0.3 is 14.2 Å². The van der Waals surface area contributed by atoms with Gasteiger partial charge in [0.2, 0.25) is 0 Å². The minimum absolute atomic E-state index is 0.0940. The molecule has 1 unspecified atom stereocenters. The molecule has 1 atom stereocenters. The van der Waals surface area contributed by atoms with Gasteiger partial charge in [0.15, 0.2) is 6.10 Å². The molecular weight excluding hydrogens is 685 g/mol. The standard InChI is InChI=1S/C49H88O6/c1-4-7-10-13-16-19-21-23-24-26-27-30-33-36-39-42-48(51)54-45-46(44-53-47(50)41-38-35-32-29-18-15-12-9-6-3)55-49(52)43-40-37-34-31-28-25-22-20-17-14-11-8-5-2/h19,21,25,28,34,37,46H,4-18,20,22-24,26-27,29-33,35-36,38-45H2,1-3H3/b21-19-,28-25-,37-34-. The van der Waals surface area contributed by atoms with Crippen LogP contribution in [0.5, 0.6) is 0 Å². The lowest BCUT2D eigenvalue weighted by molar-refractivity contribution is -0.166. The fourth-order valence-corrected chi connectivity index (χ4v) is 6.55. The average Bonchev–Trinajstić information content (AvgIpc) is 3.18. The van der Waals surface area contributed by atoms with Crippen LogP contribution in [0.3, 0.4) is 0 Å². The van der Waals surface area contributed by atoms with E-state index in [1.54, 1.807) is 0 Å². The summed E-state index contributed by atoms with van der Waals surface area (Å²) in [7, 11) is 0. The molecular formula is C49H88O6. The van der Waals surface area contributed by atoms with Gasteiger partial charge in [-0.05, 0) is 64.2 Å². The molecule has 0 aromatic rings. The van der Waals surface area contributed by atoms with Gasteiger partial charge in [-0.1, -0.05) is 192 Å². The number of carbonyl (C=O) groups is 3. The number of esters is 3. The Balaban J connectivity index is 4.40. The van der Waals surface area contributed by atoms with Crippen LogP contribution < -0.4 is 0 Å². The molecule has 0 aromatic carbocycles. The first-order chi connectivity index (χ1) is 27.0. The van der Waals surface area contributed by atoms with Crippen molar-refractivity contribution < 1.29 is 28.6 Å². The smallest absolute Gasteiger partial charge is 0.306 e. The molecule has 0 saturated carbocycles. The van der Waals surface area contributed by atoms with Crippen molar-refractivity contribution in [2.45, 2.75) is 245 Å². The lowest BCUT2D eigenvalue weighted by Gasteiger charge is -2.18. The minimum Gasteiger partial charge on any atom is -0.462 e. The Labute approximate surface area is 340 Å². The van der Waals surface area contributed by atoms with Gasteiger partial charge in [0.25, 0.3) is 0 Å². The predicted molar refractivity (Wildman–Crippen MR) is 233 cm³/mol. The highest BCUT2D eigenvalue weighted by Crippen LogP contribution is 2.14. The van der Waals surface area contributed by atoms with Crippen molar-refractivity contribution in [1.29, 1.82) is 0 Å². The Morgan fingerprint density at radius 1 is 0.364 bits per heavy atom. The highest BCUT2D eigenvalue weighted by molar-refractivity contribution is 5.71. The number of rotatable bonds is 42. The number of hydrogen-bond donors (Lipinski definition) is 0. The zero-order chi connectivity index (χ0) is 40.1. The van der Waals surface area contributed by atoms with Gasteiger partial charge in [0, 0.05) is 19.3 Å². The van der Waals surface area contributed by atoms with Gasteiger partial charge in [0.1, 0.15) is 13.2 Å². The lowest BCUT2D eigenvalue weighted by atomic mass is 10.1. The fourth-order valence-electron chi connectivity index (χ4n) is 6.55. The molecule has 55 heavy (non-hydrogen) atoms. The Morgan fingerprint density at radius 2 is 0.691 bits per heavy atom. The fraction of sp³-hybridized carbons (Fsp3) is 0.816. The first-order valence-corrected chi connectivity index (χ1v) is 23.5. The van der Waals surface area contributed by atoms with Crippen LogP contribution in [0.4, 0.5) is 0 Å². The van der Waals surface area contributed by atoms with Gasteiger partial charge in [-0.3, -0.25) is 14.4 Å². The van der Waals surface area contributed by atoms with Crippen molar-refractivity contribution in [2.75, 3.05) is 13.2 Å². The van der Waals surface area contributed by atoms with Crippen molar-refractivity contribution in [3.8, 4) is 0 Å². The molecule has 6 heteroatoms. The summed E-state index contributed by atoms with van der Waals surface area (Å²) in [5, 5.41) is 0. The number of ether oxygens (including phenoxy) is 3. The third-order valence-electron chi connectivity index (χ3n) is 10.1. The second-order valence-electron chi connectivity index (χ2n) is 15.7. The average molecular weight is 773 g/mol. The Bertz CT molecular complexity index is 938. The third-order valence-corrected chi connectivity index (χ3v) is 10.1. The number of unbranched alkanes of at least 4 members (excludes halogenated alkanes) is 25. The maximum Gasteiger partial charge on any atom is 0.306 e. The van der Waals surface area contributed by atoms with Crippen LogP contribution in [-0.4, -0.2) is 37.2 Å². The Hall–Kier alpha value is -2.37. The van der Waals surface area contributed by atoms with Crippen LogP contribution >= 0.6 is 0 Å². The van der Waals surface area contributed by atoms with Crippen LogP contribution in [-0.2, 0) is 28.6 Å². The van der Waals surface area contributed by atoms with E-state index in [0.717, 1.165) is 51.4 Å². The van der Waals surface area contributed by atoms with Crippen LogP contribution in [0, 0.1) is 0 Å². The molecule has 0 heterocycles. The molecule has 0 saturated heterocycles. The second-order valence-corrected chi connectivity index (χ2v) is 15.7. The van der Waals surface area contributed by atoms with E-state index in [1.165, 1.54) is 141 Å². The molecule has 0 radical (unpaired) electrons. The molecule has 0 bridgehead atoms. The Morgan fingerprint density at radius 3 is 1.11 bits per heavy atom. The molecule has 0 rings (SSSR count). The second kappa shape index (κ2) is 44.3. The monoisotopic (exact) mass is 773 g/mol. The van der Waals surface area contributed by atoms with Crippen molar-refractivity contribution in [3.63, 3.8) is 0 Å². The third kappa shape index (κ3) is 42.6. The molecule has 0 aliphatic carbocycles. The van der Waals surface area contributed by atoms with Gasteiger partial charge in [0.05, 0.1) is 0 Å². The predicted octanol–water partition coefficient (Wildman–Crippen LogP) is 15.0. The minimum atomic E-state index is -0.798. The highest BCUT2D eigenvalue weighted by atomic mass is 16.6. The largest absolute Gasteiger partial charge is 0.462 e. The van der Waals surface area contributed by atoms with E-state index in [4.69, 9.17) is 14.2 Å². The van der Waals surface area contributed by atoms with E-state index in [0.29, 0.717) is 19.3 Å². The van der Waals surface area contributed by atoms with Crippen LogP contribution in [0.2, 0.25) is 0 Å². The molecule has 0 aliphatic heterocycles. The number of hydrogen-bond acceptors (Lipinski definition) is 6. The van der Waals surface area contributed by atoms with E-state index in [1.807, 2.05) is 6.08 Å². The van der Waals surface area contributed by atoms with Crippen LogP contribution in [0.15, 0.2) is 36.5 Å². The van der Waals surface area contributed by atoms with Gasteiger partial charge >= 0.3 is 17.9 Å². The first-order valence-electron chi connectivity index (χ1n) is 23.5. The molecule has 0 aliphatic rings. The van der Waals surface area contributed by atoms with Crippen molar-refractivity contribution >= 4 is 17.9 Å². The van der Waals surface area contributed by atoms with Crippen molar-refractivity contribution in [1.82, 2.24) is 0 Å². The molecule has 6 nitrogen and oxygen atoms in total. The van der Waals surface area contributed by atoms with E-state index in [-0.39, 0.29) is 37.5 Å². The molecule has 320 valence electrons. The molecule has 0 spiro atoms. The van der Waals surface area contributed by atoms with Gasteiger partial charge in [-0.2, -0.15) is 0 Å². The van der Waals surface area contributed by atoms with Crippen LogP contribution in [0.25, 0.3) is 0 Å². The first kappa shape index (κ1) is 52.6. The SMILES string of the molecule is CCCCCC/C=C\CCCCCCCCCC(=O)OCC(COC(=O)CCCCCCCCCCC)OC(=O)CC/C=C\C/C=C\CCCCCCCC. The molecule has 0 fully saturated rings. The molecule has 0 aromatic heterocycles. The van der Waals surface area contributed by atoms with Crippen LogP contribution in [0.1, 0.15) is 239 Å². The topological polar surface area (TPSA) is 78.9 Å². The summed E-state index contributed by atoms with van der Waals surface area (Å²) in [4.78, 5) is 37.7. The summed E-state index contributed by atoms with van der Waals surface area (Å²) >= 11 is 0. The summed E-state index contributed by atoms with van der Waals surface area (Å²) < 4.78 is 16.6. The molecule has 0 N–H and O–H groups in total. The summed E-state index contributed by atoms with van der Waals surface area (Å²) in [6, 6.07) is 0. The molecule has 0 amide bonds. The lowest BCUT2D eigenvalue weighted by Crippen LogP contribution is -2.30. The van der Waals surface area contributed by atoms with Crippen molar-refractivity contribution in [3.05, 3.63) is 36.5 Å². The van der Waals surface area contributed by atoms with E-state index < -0.39 is 6.10 Å². The number of allylic oxidation sites excluding steroid dienone is 6. The zero-order valence-corrected chi connectivity index (χ0v) is 36.4. The Kier molecular flexibility index (Phi) is 42.4. The van der Waals surface area contributed by atoms with E-state index in [2.05, 4.69) is 51.2 Å². The summed E-state index contributed by atoms with van der Waals surface area (Å²) in [5.41, 5.74) is 0. The van der Waals surface area contributed by atoms with Gasteiger partial charge in [-0.25, -0.2) is 0 Å². The maximum atomic E-state index is 12.7.